The van der Waals surface area contributed by atoms with Gasteiger partial charge in [0.05, 0.1) is 6.42 Å². The molecule has 0 saturated heterocycles. The van der Waals surface area contributed by atoms with Gasteiger partial charge in [-0.15, -0.1) is 0 Å². The summed E-state index contributed by atoms with van der Waals surface area (Å²) in [4.78, 5) is 21.2. The Balaban J connectivity index is 3.45. The van der Waals surface area contributed by atoms with Gasteiger partial charge >= 0.3 is 5.97 Å². The third-order valence-electron chi connectivity index (χ3n) is 1.83. The Labute approximate surface area is 90.7 Å². The molecular weight excluding hydrogens is 194 g/mol. The number of aldehydes is 1. The van der Waals surface area contributed by atoms with Gasteiger partial charge < -0.3 is 14.8 Å². The Hall–Kier alpha value is -1.16. The van der Waals surface area contributed by atoms with Crippen LogP contribution in [0.15, 0.2) is 12.7 Å². The minimum atomic E-state index is -0.231. The summed E-state index contributed by atoms with van der Waals surface area (Å²) in [5.74, 6) is -0.231. The van der Waals surface area contributed by atoms with E-state index in [0.29, 0.717) is 12.8 Å². The van der Waals surface area contributed by atoms with Gasteiger partial charge in [-0.25, -0.2) is 0 Å². The van der Waals surface area contributed by atoms with E-state index >= 15 is 0 Å². The van der Waals surface area contributed by atoms with Crippen molar-refractivity contribution in [1.82, 2.24) is 5.32 Å². The highest BCUT2D eigenvalue weighted by molar-refractivity contribution is 5.70. The first-order chi connectivity index (χ1) is 7.20. The van der Waals surface area contributed by atoms with Crippen molar-refractivity contribution in [3.05, 3.63) is 12.7 Å². The van der Waals surface area contributed by atoms with Crippen LogP contribution in [0, 0.1) is 0 Å². The van der Waals surface area contributed by atoms with E-state index in [1.807, 2.05) is 6.92 Å². The Morgan fingerprint density at radius 3 is 2.93 bits per heavy atom. The predicted octanol–water partition coefficient (Wildman–Crippen LogP) is 1.06. The minimum absolute atomic E-state index is 0.0777. The van der Waals surface area contributed by atoms with Crippen molar-refractivity contribution in [3.8, 4) is 0 Å². The van der Waals surface area contributed by atoms with Gasteiger partial charge in [-0.1, -0.05) is 12.7 Å². The average Bonchev–Trinajstić information content (AvgIpc) is 2.21. The highest BCUT2D eigenvalue weighted by atomic mass is 16.5. The molecule has 0 radical (unpaired) electrons. The fourth-order valence-corrected chi connectivity index (χ4v) is 1.07. The molecule has 0 spiro atoms. The molecule has 1 N–H and O–H groups in total. The summed E-state index contributed by atoms with van der Waals surface area (Å²) < 4.78 is 4.84. The molecule has 1 unspecified atom stereocenters. The Morgan fingerprint density at radius 2 is 2.33 bits per heavy atom. The van der Waals surface area contributed by atoms with E-state index in [-0.39, 0.29) is 18.6 Å². The van der Waals surface area contributed by atoms with Crippen molar-refractivity contribution in [3.63, 3.8) is 0 Å². The molecule has 0 amide bonds. The number of nitrogens with one attached hydrogen (secondary N) is 1. The molecular formula is C11H19NO3. The molecule has 15 heavy (non-hydrogen) atoms. The number of esters is 1. The third-order valence-corrected chi connectivity index (χ3v) is 1.83. The van der Waals surface area contributed by atoms with Crippen LogP contribution >= 0.6 is 0 Å². The van der Waals surface area contributed by atoms with Crippen LogP contribution in [0.25, 0.3) is 0 Å². The number of carbonyl (C=O) groups is 2. The molecule has 4 nitrogen and oxygen atoms in total. The SMILES string of the molecule is C=CCOC(=O)CC(C)NCCCC=O. The molecule has 0 fully saturated rings. The zero-order valence-corrected chi connectivity index (χ0v) is 9.20. The second kappa shape index (κ2) is 9.40. The molecule has 0 heterocycles. The first kappa shape index (κ1) is 13.8. The maximum atomic E-state index is 11.1. The molecule has 0 aliphatic rings. The molecule has 4 heteroatoms. The predicted molar refractivity (Wildman–Crippen MR) is 58.5 cm³/mol. The first-order valence-corrected chi connectivity index (χ1v) is 5.14. The van der Waals surface area contributed by atoms with Gasteiger partial charge in [0.15, 0.2) is 0 Å². The van der Waals surface area contributed by atoms with Gasteiger partial charge in [-0.2, -0.15) is 0 Å². The Bertz CT molecular complexity index is 204. The summed E-state index contributed by atoms with van der Waals surface area (Å²) >= 11 is 0. The van der Waals surface area contributed by atoms with Gasteiger partial charge in [0.2, 0.25) is 0 Å². The van der Waals surface area contributed by atoms with Gasteiger partial charge in [-0.05, 0) is 19.9 Å². The number of carbonyl (C=O) groups excluding carboxylic acids is 2. The molecule has 0 aliphatic carbocycles. The van der Waals surface area contributed by atoms with Crippen molar-refractivity contribution in [2.24, 2.45) is 0 Å². The lowest BCUT2D eigenvalue weighted by Crippen LogP contribution is -2.30. The maximum absolute atomic E-state index is 11.1. The lowest BCUT2D eigenvalue weighted by Gasteiger charge is -2.12. The second-order valence-electron chi connectivity index (χ2n) is 3.34. The van der Waals surface area contributed by atoms with Gasteiger partial charge in [-0.3, -0.25) is 4.79 Å². The van der Waals surface area contributed by atoms with Crippen LogP contribution < -0.4 is 5.32 Å². The van der Waals surface area contributed by atoms with Crippen LogP contribution in [-0.2, 0) is 14.3 Å². The van der Waals surface area contributed by atoms with Crippen molar-refractivity contribution >= 4 is 12.3 Å². The van der Waals surface area contributed by atoms with E-state index in [9.17, 15) is 9.59 Å². The van der Waals surface area contributed by atoms with Crippen LogP contribution in [0.2, 0.25) is 0 Å². The summed E-state index contributed by atoms with van der Waals surface area (Å²) in [5, 5.41) is 3.14. The van der Waals surface area contributed by atoms with E-state index < -0.39 is 0 Å². The Kier molecular flexibility index (Phi) is 8.67. The van der Waals surface area contributed by atoms with Crippen molar-refractivity contribution in [2.75, 3.05) is 13.2 Å². The van der Waals surface area contributed by atoms with Gasteiger partial charge in [0.1, 0.15) is 12.9 Å². The van der Waals surface area contributed by atoms with E-state index in [4.69, 9.17) is 4.74 Å². The van der Waals surface area contributed by atoms with Crippen LogP contribution in [0.3, 0.4) is 0 Å². The molecule has 0 saturated carbocycles. The molecule has 0 bridgehead atoms. The maximum Gasteiger partial charge on any atom is 0.307 e. The van der Waals surface area contributed by atoms with Gasteiger partial charge in [0.25, 0.3) is 0 Å². The van der Waals surface area contributed by atoms with Crippen molar-refractivity contribution < 1.29 is 14.3 Å². The molecule has 0 aliphatic heterocycles. The highest BCUT2D eigenvalue weighted by Gasteiger charge is 2.08. The largest absolute Gasteiger partial charge is 0.461 e. The number of rotatable bonds is 9. The lowest BCUT2D eigenvalue weighted by molar-refractivity contribution is -0.142. The number of unbranched alkanes of at least 4 members (excludes halogenated alkanes) is 1. The van der Waals surface area contributed by atoms with Crippen LogP contribution in [0.4, 0.5) is 0 Å². The number of hydrogen-bond donors (Lipinski definition) is 1. The number of ether oxygens (including phenoxy) is 1. The van der Waals surface area contributed by atoms with Crippen LogP contribution in [-0.4, -0.2) is 31.4 Å². The molecule has 86 valence electrons. The molecule has 0 aromatic carbocycles. The zero-order chi connectivity index (χ0) is 11.5. The fourth-order valence-electron chi connectivity index (χ4n) is 1.07. The highest BCUT2D eigenvalue weighted by Crippen LogP contribution is 1.95. The standard InChI is InChI=1S/C11H19NO3/c1-3-8-15-11(14)9-10(2)12-6-4-5-7-13/h3,7,10,12H,1,4-6,8-9H2,2H3. The smallest absolute Gasteiger partial charge is 0.307 e. The topological polar surface area (TPSA) is 55.4 Å². The molecule has 0 aromatic heterocycles. The monoisotopic (exact) mass is 213 g/mol. The summed E-state index contributed by atoms with van der Waals surface area (Å²) in [5.41, 5.74) is 0. The second-order valence-corrected chi connectivity index (χ2v) is 3.34. The zero-order valence-electron chi connectivity index (χ0n) is 9.20. The summed E-state index contributed by atoms with van der Waals surface area (Å²) in [7, 11) is 0. The fraction of sp³-hybridized carbons (Fsp3) is 0.636. The average molecular weight is 213 g/mol. The molecule has 1 atom stereocenters. The van der Waals surface area contributed by atoms with E-state index in [0.717, 1.165) is 19.3 Å². The third kappa shape index (κ3) is 9.15. The Morgan fingerprint density at radius 1 is 1.60 bits per heavy atom. The summed E-state index contributed by atoms with van der Waals surface area (Å²) in [6.07, 6.45) is 4.13. The quantitative estimate of drug-likeness (QED) is 0.269. The van der Waals surface area contributed by atoms with Gasteiger partial charge in [0, 0.05) is 12.5 Å². The summed E-state index contributed by atoms with van der Waals surface area (Å²) in [6.45, 7) is 6.37. The normalized spacial score (nSPS) is 11.8. The van der Waals surface area contributed by atoms with E-state index in [2.05, 4.69) is 11.9 Å². The van der Waals surface area contributed by atoms with Crippen molar-refractivity contribution in [2.45, 2.75) is 32.2 Å². The van der Waals surface area contributed by atoms with Crippen molar-refractivity contribution in [1.29, 1.82) is 0 Å². The van der Waals surface area contributed by atoms with E-state index in [1.54, 1.807) is 6.08 Å². The minimum Gasteiger partial charge on any atom is -0.461 e. The number of hydrogen-bond acceptors (Lipinski definition) is 4. The molecule has 0 rings (SSSR count). The van der Waals surface area contributed by atoms with E-state index in [1.165, 1.54) is 0 Å². The summed E-state index contributed by atoms with van der Waals surface area (Å²) in [6, 6.07) is 0.0777. The molecule has 0 aromatic rings. The lowest BCUT2D eigenvalue weighted by atomic mass is 10.2. The van der Waals surface area contributed by atoms with Crippen LogP contribution in [0.5, 0.6) is 0 Å². The first-order valence-electron chi connectivity index (χ1n) is 5.14. The van der Waals surface area contributed by atoms with Crippen LogP contribution in [0.1, 0.15) is 26.2 Å².